The van der Waals surface area contributed by atoms with Crippen LogP contribution in [0.5, 0.6) is 0 Å². The Hall–Kier alpha value is -1.89. The number of H-pyrrole nitrogens is 1. The van der Waals surface area contributed by atoms with Gasteiger partial charge in [-0.15, -0.1) is 0 Å². The van der Waals surface area contributed by atoms with Crippen LogP contribution in [0.3, 0.4) is 0 Å². The zero-order valence-electron chi connectivity index (χ0n) is 17.4. The van der Waals surface area contributed by atoms with Crippen molar-refractivity contribution in [3.8, 4) is 0 Å². The first-order valence-corrected chi connectivity index (χ1v) is 10.6. The number of nitrogens with zero attached hydrogens (tertiary/aromatic N) is 1. The topological polar surface area (TPSA) is 54.2 Å². The van der Waals surface area contributed by atoms with E-state index in [1.807, 2.05) is 6.92 Å². The number of anilines is 1. The van der Waals surface area contributed by atoms with Gasteiger partial charge in [0.25, 0.3) is 0 Å². The third-order valence-corrected chi connectivity index (χ3v) is 6.66. The van der Waals surface area contributed by atoms with Crippen molar-refractivity contribution in [1.82, 2.24) is 4.98 Å². The van der Waals surface area contributed by atoms with Crippen LogP contribution < -0.4 is 20.1 Å². The van der Waals surface area contributed by atoms with E-state index in [1.165, 1.54) is 30.8 Å². The summed E-state index contributed by atoms with van der Waals surface area (Å²) in [5.41, 5.74) is 4.20. The molecular formula is C22H34N4O2+2. The Morgan fingerprint density at radius 1 is 1.25 bits per heavy atom. The van der Waals surface area contributed by atoms with Crippen LogP contribution >= 0.6 is 0 Å². The average molecular weight is 387 g/mol. The summed E-state index contributed by atoms with van der Waals surface area (Å²) < 4.78 is 5.46. The van der Waals surface area contributed by atoms with Crippen LogP contribution in [0.4, 0.5) is 5.69 Å². The Morgan fingerprint density at radius 2 is 1.96 bits per heavy atom. The summed E-state index contributed by atoms with van der Waals surface area (Å²) in [6, 6.07) is 6.88. The van der Waals surface area contributed by atoms with Crippen LogP contribution in [0, 0.1) is 6.92 Å². The second-order valence-corrected chi connectivity index (χ2v) is 8.64. The average Bonchev–Trinajstić information content (AvgIpc) is 2.72. The van der Waals surface area contributed by atoms with Crippen LogP contribution in [0.2, 0.25) is 0 Å². The summed E-state index contributed by atoms with van der Waals surface area (Å²) in [7, 11) is 4.52. The second-order valence-electron chi connectivity index (χ2n) is 8.64. The maximum Gasteiger partial charge on any atom is 0.198 e. The van der Waals surface area contributed by atoms with Gasteiger partial charge in [-0.05, 0) is 25.1 Å². The molecule has 2 aliphatic heterocycles. The lowest BCUT2D eigenvalue weighted by molar-refractivity contribution is -0.948. The molecule has 1 aromatic carbocycles. The van der Waals surface area contributed by atoms with Crippen molar-refractivity contribution in [3.05, 3.63) is 39.7 Å². The molecule has 1 unspecified atom stereocenters. The van der Waals surface area contributed by atoms with Crippen molar-refractivity contribution in [3.63, 3.8) is 0 Å². The highest BCUT2D eigenvalue weighted by molar-refractivity contribution is 5.83. The highest BCUT2D eigenvalue weighted by Crippen LogP contribution is 2.21. The number of hydrogen-bond acceptors (Lipinski definition) is 3. The predicted octanol–water partition coefficient (Wildman–Crippen LogP) is -0.635. The number of aromatic amines is 1. The fourth-order valence-electron chi connectivity index (χ4n) is 4.70. The van der Waals surface area contributed by atoms with E-state index >= 15 is 0 Å². The number of morpholine rings is 1. The van der Waals surface area contributed by atoms with E-state index in [0.29, 0.717) is 6.04 Å². The summed E-state index contributed by atoms with van der Waals surface area (Å²) in [5, 5.41) is 0.810. The third-order valence-electron chi connectivity index (χ3n) is 6.66. The zero-order valence-corrected chi connectivity index (χ0v) is 17.4. The molecule has 0 amide bonds. The van der Waals surface area contributed by atoms with Gasteiger partial charge < -0.3 is 24.4 Å². The number of aromatic nitrogens is 1. The lowest BCUT2D eigenvalue weighted by Crippen LogP contribution is -3.17. The van der Waals surface area contributed by atoms with Crippen molar-refractivity contribution >= 4 is 16.6 Å². The van der Waals surface area contributed by atoms with Crippen LogP contribution in [-0.2, 0) is 11.3 Å². The Bertz CT molecular complexity index is 880. The molecule has 3 N–H and O–H groups in total. The normalized spacial score (nSPS) is 24.5. The van der Waals surface area contributed by atoms with Gasteiger partial charge in [-0.25, -0.2) is 0 Å². The van der Waals surface area contributed by atoms with Crippen LogP contribution in [-0.4, -0.2) is 64.5 Å². The Balaban J connectivity index is 1.61. The number of piperidine rings is 1. The lowest BCUT2D eigenvalue weighted by atomic mass is 10.0. The monoisotopic (exact) mass is 386 g/mol. The summed E-state index contributed by atoms with van der Waals surface area (Å²) >= 11 is 0. The number of hydrogen-bond donors (Lipinski definition) is 3. The lowest BCUT2D eigenvalue weighted by Gasteiger charge is -2.31. The highest BCUT2D eigenvalue weighted by Gasteiger charge is 2.27. The minimum Gasteiger partial charge on any atom is -0.378 e. The smallest absolute Gasteiger partial charge is 0.198 e. The molecule has 28 heavy (non-hydrogen) atoms. The molecule has 2 aromatic rings. The molecule has 0 radical (unpaired) electrons. The van der Waals surface area contributed by atoms with Gasteiger partial charge in [0.05, 0.1) is 52.0 Å². The molecule has 2 aliphatic rings. The number of pyridine rings is 1. The number of quaternary nitrogens is 2. The molecule has 6 nitrogen and oxygen atoms in total. The van der Waals surface area contributed by atoms with Gasteiger partial charge in [0.2, 0.25) is 0 Å². The predicted molar refractivity (Wildman–Crippen MR) is 113 cm³/mol. The summed E-state index contributed by atoms with van der Waals surface area (Å²) in [5.74, 6) is 0. The van der Waals surface area contributed by atoms with Gasteiger partial charge in [0.1, 0.15) is 6.54 Å². The Kier molecular flexibility index (Phi) is 5.71. The van der Waals surface area contributed by atoms with E-state index in [0.717, 1.165) is 60.7 Å². The summed E-state index contributed by atoms with van der Waals surface area (Å²) in [6.07, 6.45) is 2.48. The van der Waals surface area contributed by atoms with Gasteiger partial charge in [0, 0.05) is 48.2 Å². The van der Waals surface area contributed by atoms with E-state index in [-0.39, 0.29) is 5.43 Å². The minimum atomic E-state index is 0.194. The highest BCUT2D eigenvalue weighted by atomic mass is 16.5. The standard InChI is InChI=1S/C22H32N4O2/c1-16-20(15-25(3)17-6-8-24(2)9-7-17)22(27)19-14-18(4-5-21(19)23-16)26-10-12-28-13-11-26/h4-5,14,17H,6-13,15H2,1-3H3,(H,23,27)/p+2. The fraction of sp³-hybridized carbons (Fsp3) is 0.591. The van der Waals surface area contributed by atoms with Crippen molar-refractivity contribution in [2.24, 2.45) is 0 Å². The van der Waals surface area contributed by atoms with Gasteiger partial charge >= 0.3 is 0 Å². The molecule has 0 aliphatic carbocycles. The Labute approximate surface area is 167 Å². The minimum absolute atomic E-state index is 0.194. The molecule has 2 fully saturated rings. The number of likely N-dealkylation sites (tertiary alicyclic amines) is 1. The number of nitrogens with one attached hydrogen (secondary N) is 3. The van der Waals surface area contributed by atoms with E-state index in [4.69, 9.17) is 4.74 Å². The van der Waals surface area contributed by atoms with Gasteiger partial charge in [-0.1, -0.05) is 0 Å². The molecule has 0 bridgehead atoms. The largest absolute Gasteiger partial charge is 0.378 e. The maximum absolute atomic E-state index is 13.4. The molecule has 4 rings (SSSR count). The maximum atomic E-state index is 13.4. The van der Waals surface area contributed by atoms with E-state index in [2.05, 4.69) is 42.2 Å². The van der Waals surface area contributed by atoms with Crippen LogP contribution in [0.25, 0.3) is 10.9 Å². The molecule has 0 spiro atoms. The quantitative estimate of drug-likeness (QED) is 0.656. The van der Waals surface area contributed by atoms with Gasteiger partial charge in [-0.3, -0.25) is 4.79 Å². The molecule has 152 valence electrons. The SMILES string of the molecule is Cc1[nH]c2ccc(N3CCOCC3)cc2c(=O)c1C[NH+](C)C1CC[NH+](C)CC1. The summed E-state index contributed by atoms with van der Waals surface area (Å²) in [6.45, 7) is 8.57. The molecule has 3 heterocycles. The van der Waals surface area contributed by atoms with Gasteiger partial charge in [0.15, 0.2) is 5.43 Å². The molecule has 0 saturated carbocycles. The first-order chi connectivity index (χ1) is 13.5. The Morgan fingerprint density at radius 3 is 2.68 bits per heavy atom. The number of ether oxygens (including phenoxy) is 1. The second kappa shape index (κ2) is 8.23. The van der Waals surface area contributed by atoms with Crippen molar-refractivity contribution in [1.29, 1.82) is 0 Å². The first-order valence-electron chi connectivity index (χ1n) is 10.6. The number of benzene rings is 1. The van der Waals surface area contributed by atoms with E-state index < -0.39 is 0 Å². The van der Waals surface area contributed by atoms with E-state index in [9.17, 15) is 4.79 Å². The molecular weight excluding hydrogens is 352 g/mol. The molecule has 6 heteroatoms. The number of rotatable bonds is 4. The first kappa shape index (κ1) is 19.4. The third kappa shape index (κ3) is 3.95. The van der Waals surface area contributed by atoms with Crippen molar-refractivity contribution < 1.29 is 14.5 Å². The van der Waals surface area contributed by atoms with Crippen LogP contribution in [0.15, 0.2) is 23.0 Å². The zero-order chi connectivity index (χ0) is 19.7. The van der Waals surface area contributed by atoms with Gasteiger partial charge in [-0.2, -0.15) is 0 Å². The molecule has 2 saturated heterocycles. The molecule has 1 aromatic heterocycles. The van der Waals surface area contributed by atoms with E-state index in [1.54, 1.807) is 4.90 Å². The van der Waals surface area contributed by atoms with Crippen LogP contribution in [0.1, 0.15) is 24.1 Å². The van der Waals surface area contributed by atoms with Crippen molar-refractivity contribution in [2.45, 2.75) is 32.4 Å². The number of aryl methyl sites for hydroxylation is 1. The summed E-state index contributed by atoms with van der Waals surface area (Å²) in [4.78, 5) is 22.3. The fourth-order valence-corrected chi connectivity index (χ4v) is 4.70. The van der Waals surface area contributed by atoms with Crippen molar-refractivity contribution in [2.75, 3.05) is 58.4 Å². The molecule has 1 atom stereocenters. The number of fused-ring (bicyclic) bond motifs is 1.